The van der Waals surface area contributed by atoms with E-state index >= 15 is 0 Å². The summed E-state index contributed by atoms with van der Waals surface area (Å²) in [6.07, 6.45) is 9.47. The number of Topliss-reactive ketones (excluding diaryl/α,β-unsaturated/α-hetero) is 2. The first kappa shape index (κ1) is 44.6. The lowest BCUT2D eigenvalue weighted by atomic mass is 9.80. The van der Waals surface area contributed by atoms with Gasteiger partial charge in [-0.15, -0.1) is 5.10 Å². The number of primary amides is 1. The number of aromatic amines is 1. The van der Waals surface area contributed by atoms with Crippen LogP contribution in [0.5, 0.6) is 0 Å². The third-order valence-corrected chi connectivity index (χ3v) is 11.9. The molecule has 4 atom stereocenters. The number of benzene rings is 2. The first-order chi connectivity index (χ1) is 29.3. The standard InChI is InChI=1S/C44H57N9O8/c1-44(2,60)38-25-48-51-53(38)33-23-36(41(57)49-34(39(55)40(45)56)15-9-10-20-46-43(59)61-27-29-13-7-4-8-14-29)52(26-33)42(58)31(21-28-11-5-3-6-12-28)18-19-37(54)30-16-17-32-24-47-50-35(32)22-30/h4,7-8,13-14,16-17,22,24-25,28,31,33-34,36,60H,3,5-6,9-12,15,18-21,23,26-27H2,1-2H3,(H2,45,56)(H,46,59)(H,47,50)(H,49,57)/t31-,33+,34?,36+/m1/s1. The highest BCUT2D eigenvalue weighted by molar-refractivity contribution is 6.37. The number of carbonyl (C=O) groups is 6. The number of unbranched alkanes of at least 4 members (excludes halogenated alkanes) is 1. The van der Waals surface area contributed by atoms with Crippen molar-refractivity contribution >= 4 is 46.3 Å². The maximum absolute atomic E-state index is 14.9. The third-order valence-electron chi connectivity index (χ3n) is 11.9. The average molecular weight is 840 g/mol. The highest BCUT2D eigenvalue weighted by atomic mass is 16.5. The molecule has 2 aliphatic rings. The molecule has 3 heterocycles. The summed E-state index contributed by atoms with van der Waals surface area (Å²) >= 11 is 0. The molecule has 2 fully saturated rings. The number of nitrogens with two attached hydrogens (primary N) is 1. The van der Waals surface area contributed by atoms with Crippen LogP contribution in [0.25, 0.3) is 10.9 Å². The summed E-state index contributed by atoms with van der Waals surface area (Å²) in [5.74, 6) is -3.57. The number of ketones is 2. The number of ether oxygens (including phenoxy) is 1. The van der Waals surface area contributed by atoms with Gasteiger partial charge in [-0.1, -0.05) is 79.8 Å². The predicted octanol–water partition coefficient (Wildman–Crippen LogP) is 4.41. The van der Waals surface area contributed by atoms with E-state index in [1.165, 1.54) is 15.8 Å². The summed E-state index contributed by atoms with van der Waals surface area (Å²) in [4.78, 5) is 81.9. The second-order valence-electron chi connectivity index (χ2n) is 16.9. The van der Waals surface area contributed by atoms with Crippen LogP contribution in [0, 0.1) is 11.8 Å². The Morgan fingerprint density at radius 1 is 1.00 bits per heavy atom. The molecule has 0 radical (unpaired) electrons. The van der Waals surface area contributed by atoms with Crippen LogP contribution >= 0.6 is 0 Å². The van der Waals surface area contributed by atoms with Gasteiger partial charge in [-0.05, 0) is 63.5 Å². The second kappa shape index (κ2) is 20.5. The third kappa shape index (κ3) is 11.9. The Morgan fingerprint density at radius 3 is 2.51 bits per heavy atom. The summed E-state index contributed by atoms with van der Waals surface area (Å²) in [6, 6.07) is 11.6. The van der Waals surface area contributed by atoms with Gasteiger partial charge in [0.25, 0.3) is 5.91 Å². The van der Waals surface area contributed by atoms with Crippen molar-refractivity contribution in [1.82, 2.24) is 40.7 Å². The Hall–Kier alpha value is -5.97. The lowest BCUT2D eigenvalue weighted by Crippen LogP contribution is -2.53. The Balaban J connectivity index is 1.17. The number of nitrogens with zero attached hydrogens (tertiary/aromatic N) is 5. The van der Waals surface area contributed by atoms with Gasteiger partial charge in [-0.2, -0.15) is 5.10 Å². The number of nitrogens with one attached hydrogen (secondary N) is 3. The monoisotopic (exact) mass is 839 g/mol. The summed E-state index contributed by atoms with van der Waals surface area (Å²) in [7, 11) is 0. The number of carbonyl (C=O) groups excluding carboxylic acids is 6. The normalized spacial score (nSPS) is 18.0. The molecule has 1 saturated carbocycles. The second-order valence-corrected chi connectivity index (χ2v) is 16.9. The van der Waals surface area contributed by atoms with Gasteiger partial charge in [-0.3, -0.25) is 29.1 Å². The van der Waals surface area contributed by atoms with Crippen molar-refractivity contribution in [3.05, 3.63) is 77.7 Å². The Labute approximate surface area is 354 Å². The quantitative estimate of drug-likeness (QED) is 0.0474. The lowest BCUT2D eigenvalue weighted by molar-refractivity contribution is -0.143. The molecule has 6 rings (SSSR count). The molecule has 0 bridgehead atoms. The number of fused-ring (bicyclic) bond motifs is 1. The van der Waals surface area contributed by atoms with E-state index in [1.54, 1.807) is 32.2 Å². The number of alkyl carbamates (subject to hydrolysis) is 1. The molecule has 2 aromatic carbocycles. The highest BCUT2D eigenvalue weighted by Gasteiger charge is 2.45. The zero-order chi connectivity index (χ0) is 43.5. The molecule has 1 aliphatic carbocycles. The Morgan fingerprint density at radius 2 is 1.77 bits per heavy atom. The smallest absolute Gasteiger partial charge is 0.407 e. The molecule has 326 valence electrons. The predicted molar refractivity (Wildman–Crippen MR) is 223 cm³/mol. The van der Waals surface area contributed by atoms with Crippen LogP contribution < -0.4 is 16.4 Å². The van der Waals surface area contributed by atoms with Gasteiger partial charge in [0.1, 0.15) is 18.2 Å². The largest absolute Gasteiger partial charge is 0.445 e. The van der Waals surface area contributed by atoms with Crippen LogP contribution in [0.3, 0.4) is 0 Å². The fourth-order valence-corrected chi connectivity index (χ4v) is 8.54. The highest BCUT2D eigenvalue weighted by Crippen LogP contribution is 2.36. The van der Waals surface area contributed by atoms with E-state index in [4.69, 9.17) is 10.5 Å². The average Bonchev–Trinajstić information content (AvgIpc) is 4.04. The molecule has 0 spiro atoms. The number of amides is 4. The number of aliphatic hydroxyl groups is 1. The fourth-order valence-electron chi connectivity index (χ4n) is 8.54. The van der Waals surface area contributed by atoms with Crippen LogP contribution in [0.15, 0.2) is 60.9 Å². The minimum absolute atomic E-state index is 0.0427. The molecule has 1 saturated heterocycles. The Kier molecular flexibility index (Phi) is 15.0. The molecule has 4 aromatic rings. The zero-order valence-electron chi connectivity index (χ0n) is 34.9. The van der Waals surface area contributed by atoms with Crippen molar-refractivity contribution in [3.63, 3.8) is 0 Å². The van der Waals surface area contributed by atoms with Crippen molar-refractivity contribution in [3.8, 4) is 0 Å². The molecular weight excluding hydrogens is 783 g/mol. The van der Waals surface area contributed by atoms with Crippen molar-refractivity contribution in [2.45, 2.75) is 121 Å². The van der Waals surface area contributed by atoms with E-state index in [0.717, 1.165) is 48.6 Å². The van der Waals surface area contributed by atoms with Gasteiger partial charge in [-0.25, -0.2) is 9.48 Å². The van der Waals surface area contributed by atoms with E-state index in [9.17, 15) is 33.9 Å². The van der Waals surface area contributed by atoms with Crippen LogP contribution in [0.4, 0.5) is 4.79 Å². The van der Waals surface area contributed by atoms with Gasteiger partial charge in [0, 0.05) is 42.8 Å². The topological polar surface area (TPSA) is 245 Å². The number of aromatic nitrogens is 5. The fraction of sp³-hybridized carbons (Fsp3) is 0.523. The van der Waals surface area contributed by atoms with E-state index in [1.807, 2.05) is 36.4 Å². The van der Waals surface area contributed by atoms with Gasteiger partial charge < -0.3 is 31.1 Å². The zero-order valence-corrected chi connectivity index (χ0v) is 34.9. The van der Waals surface area contributed by atoms with Crippen LogP contribution in [0.2, 0.25) is 0 Å². The van der Waals surface area contributed by atoms with Gasteiger partial charge >= 0.3 is 6.09 Å². The minimum atomic E-state index is -1.34. The molecule has 4 amide bonds. The molecule has 6 N–H and O–H groups in total. The summed E-state index contributed by atoms with van der Waals surface area (Å²) in [6.45, 7) is 3.56. The molecule has 1 aliphatic heterocycles. The van der Waals surface area contributed by atoms with Gasteiger partial charge in [0.05, 0.1) is 35.7 Å². The van der Waals surface area contributed by atoms with E-state index in [2.05, 4.69) is 31.1 Å². The molecule has 17 heteroatoms. The number of rotatable bonds is 20. The number of likely N-dealkylation sites (tertiary alicyclic amines) is 1. The van der Waals surface area contributed by atoms with E-state index in [0.29, 0.717) is 30.5 Å². The van der Waals surface area contributed by atoms with Gasteiger partial charge in [0.15, 0.2) is 5.78 Å². The molecule has 1 unspecified atom stereocenters. The number of hydrogen-bond donors (Lipinski definition) is 5. The van der Waals surface area contributed by atoms with Gasteiger partial charge in [0.2, 0.25) is 17.6 Å². The van der Waals surface area contributed by atoms with Crippen molar-refractivity contribution in [2.75, 3.05) is 13.1 Å². The molecule has 61 heavy (non-hydrogen) atoms. The van der Waals surface area contributed by atoms with Crippen molar-refractivity contribution in [1.29, 1.82) is 0 Å². The van der Waals surface area contributed by atoms with Crippen LogP contribution in [-0.4, -0.2) is 95.8 Å². The van der Waals surface area contributed by atoms with Crippen molar-refractivity contribution in [2.24, 2.45) is 17.6 Å². The molecule has 2 aromatic heterocycles. The molecule has 17 nitrogen and oxygen atoms in total. The first-order valence-electron chi connectivity index (χ1n) is 21.3. The summed E-state index contributed by atoms with van der Waals surface area (Å²) in [5.41, 5.74) is 6.57. The SMILES string of the molecule is CC(C)(O)c1cnnn1[C@H]1C[C@@H](C(=O)NC(CCCCNC(=O)OCc2ccccc2)C(=O)C(N)=O)N(C(=O)[C@H](CCC(=O)c2ccc3cn[nH]c3c2)CC2CCCCC2)C1. The summed E-state index contributed by atoms with van der Waals surface area (Å²) in [5, 5.41) is 32.4. The maximum atomic E-state index is 14.9. The lowest BCUT2D eigenvalue weighted by Gasteiger charge is -2.32. The van der Waals surface area contributed by atoms with E-state index in [-0.39, 0.29) is 63.0 Å². The van der Waals surface area contributed by atoms with Crippen LogP contribution in [0.1, 0.15) is 119 Å². The summed E-state index contributed by atoms with van der Waals surface area (Å²) < 4.78 is 6.78. The van der Waals surface area contributed by atoms with Crippen molar-refractivity contribution < 1.29 is 38.6 Å². The Bertz CT molecular complexity index is 2160. The number of hydrogen-bond acceptors (Lipinski definition) is 11. The maximum Gasteiger partial charge on any atom is 0.407 e. The van der Waals surface area contributed by atoms with Crippen LogP contribution in [-0.2, 0) is 36.1 Å². The first-order valence-corrected chi connectivity index (χ1v) is 21.3. The number of H-pyrrole nitrogens is 1. The minimum Gasteiger partial charge on any atom is -0.445 e. The van der Waals surface area contributed by atoms with E-state index < -0.39 is 53.3 Å². The molecular formula is C44H57N9O8.